The van der Waals surface area contributed by atoms with Crippen molar-refractivity contribution in [2.45, 2.75) is 110 Å². The molecule has 0 aromatic heterocycles. The third-order valence-electron chi connectivity index (χ3n) is 4.60. The first-order valence-corrected chi connectivity index (χ1v) is 12.8. The van der Waals surface area contributed by atoms with E-state index < -0.39 is 22.3 Å². The predicted molar refractivity (Wildman–Crippen MR) is 123 cm³/mol. The molecule has 0 aromatic carbocycles. The topological polar surface area (TPSA) is 138 Å². The SMILES string of the molecule is CCCCCCCCCCCCCCCCCCOC(=O)/C=C/C(=O)O.O=S(=O)(O)O.[H-].[Na+]. The second-order valence-corrected chi connectivity index (χ2v) is 8.49. The Kier molecular flexibility index (Phi) is 30.3. The van der Waals surface area contributed by atoms with Gasteiger partial charge in [0.2, 0.25) is 0 Å². The molecule has 8 nitrogen and oxygen atoms in total. The molecule has 10 heteroatoms. The van der Waals surface area contributed by atoms with Crippen molar-refractivity contribution in [3.05, 3.63) is 12.2 Å². The number of carbonyl (C=O) groups is 2. The van der Waals surface area contributed by atoms with Gasteiger partial charge in [-0.25, -0.2) is 9.59 Å². The summed E-state index contributed by atoms with van der Waals surface area (Å²) in [7, 11) is -4.67. The van der Waals surface area contributed by atoms with Crippen LogP contribution >= 0.6 is 0 Å². The van der Waals surface area contributed by atoms with Crippen LogP contribution in [0.1, 0.15) is 111 Å². The van der Waals surface area contributed by atoms with E-state index in [2.05, 4.69) is 6.92 Å². The Morgan fingerprint density at radius 3 is 1.34 bits per heavy atom. The Bertz CT molecular complexity index is 563. The fraction of sp³-hybridized carbons (Fsp3) is 0.818. The van der Waals surface area contributed by atoms with E-state index in [1.165, 1.54) is 89.9 Å². The number of esters is 1. The van der Waals surface area contributed by atoms with Gasteiger partial charge < -0.3 is 11.3 Å². The molecule has 0 fully saturated rings. The van der Waals surface area contributed by atoms with Crippen LogP contribution < -0.4 is 29.6 Å². The monoisotopic (exact) mass is 490 g/mol. The maximum absolute atomic E-state index is 11.1. The molecular weight excluding hydrogens is 447 g/mol. The molecule has 3 N–H and O–H groups in total. The fourth-order valence-corrected chi connectivity index (χ4v) is 3.01. The average Bonchev–Trinajstić information content (AvgIpc) is 2.67. The van der Waals surface area contributed by atoms with E-state index in [0.29, 0.717) is 6.61 Å². The summed E-state index contributed by atoms with van der Waals surface area (Å²) in [5, 5.41) is 8.39. The van der Waals surface area contributed by atoms with E-state index in [0.717, 1.165) is 25.0 Å². The van der Waals surface area contributed by atoms with Gasteiger partial charge in [0, 0.05) is 12.2 Å². The smallest absolute Gasteiger partial charge is 1.00 e. The molecule has 0 unspecified atom stereocenters. The predicted octanol–water partition coefficient (Wildman–Crippen LogP) is 2.90. The number of hydrogen-bond donors (Lipinski definition) is 3. The molecule has 0 atom stereocenters. The Morgan fingerprint density at radius 1 is 0.719 bits per heavy atom. The van der Waals surface area contributed by atoms with Crippen molar-refractivity contribution in [3.63, 3.8) is 0 Å². The Hall–Kier alpha value is -0.450. The van der Waals surface area contributed by atoms with Crippen LogP contribution in [0.3, 0.4) is 0 Å². The van der Waals surface area contributed by atoms with Gasteiger partial charge in [-0.15, -0.1) is 0 Å². The summed E-state index contributed by atoms with van der Waals surface area (Å²) >= 11 is 0. The van der Waals surface area contributed by atoms with Gasteiger partial charge in [0.15, 0.2) is 0 Å². The summed E-state index contributed by atoms with van der Waals surface area (Å²) in [4.78, 5) is 21.4. The van der Waals surface area contributed by atoms with Gasteiger partial charge in [-0.3, -0.25) is 9.11 Å². The quantitative estimate of drug-likeness (QED) is 0.0826. The van der Waals surface area contributed by atoms with E-state index in [1.807, 2.05) is 0 Å². The third-order valence-corrected chi connectivity index (χ3v) is 4.60. The normalized spacial score (nSPS) is 10.8. The molecule has 186 valence electrons. The number of aliphatic carboxylic acids is 1. The van der Waals surface area contributed by atoms with Gasteiger partial charge in [0.1, 0.15) is 0 Å². The number of carboxylic acid groups (broad SMARTS) is 1. The molecule has 0 heterocycles. The second-order valence-electron chi connectivity index (χ2n) is 7.59. The van der Waals surface area contributed by atoms with Gasteiger partial charge in [0.05, 0.1) is 6.61 Å². The van der Waals surface area contributed by atoms with E-state index in [1.54, 1.807) is 0 Å². The van der Waals surface area contributed by atoms with Crippen molar-refractivity contribution in [2.24, 2.45) is 0 Å². The first kappa shape index (κ1) is 36.1. The van der Waals surface area contributed by atoms with Crippen LogP contribution in [0.5, 0.6) is 0 Å². The first-order chi connectivity index (χ1) is 14.7. The summed E-state index contributed by atoms with van der Waals surface area (Å²) < 4.78 is 36.5. The number of rotatable bonds is 19. The fourth-order valence-electron chi connectivity index (χ4n) is 3.01. The van der Waals surface area contributed by atoms with Gasteiger partial charge in [0.25, 0.3) is 0 Å². The maximum Gasteiger partial charge on any atom is 1.00 e. The van der Waals surface area contributed by atoms with Crippen LogP contribution in [0.4, 0.5) is 0 Å². The zero-order chi connectivity index (χ0) is 23.8. The first-order valence-electron chi connectivity index (χ1n) is 11.4. The van der Waals surface area contributed by atoms with Crippen molar-refractivity contribution in [3.8, 4) is 0 Å². The van der Waals surface area contributed by atoms with Crippen LogP contribution in [0.2, 0.25) is 0 Å². The minimum absolute atomic E-state index is 0. The van der Waals surface area contributed by atoms with Crippen molar-refractivity contribution < 1.29 is 67.9 Å². The van der Waals surface area contributed by atoms with Crippen LogP contribution in [0, 0.1) is 0 Å². The summed E-state index contributed by atoms with van der Waals surface area (Å²) in [6, 6.07) is 0. The van der Waals surface area contributed by atoms with Crippen molar-refractivity contribution >= 4 is 22.3 Å². The Labute approximate surface area is 217 Å². The number of ether oxygens (including phenoxy) is 1. The molecule has 0 amide bonds. The maximum atomic E-state index is 11.1. The van der Waals surface area contributed by atoms with Gasteiger partial charge in [-0.1, -0.05) is 103 Å². The number of carbonyl (C=O) groups excluding carboxylic acids is 1. The molecule has 0 saturated heterocycles. The zero-order valence-electron chi connectivity index (χ0n) is 21.0. The average molecular weight is 491 g/mol. The number of carboxylic acids is 1. The van der Waals surface area contributed by atoms with E-state index in [-0.39, 0.29) is 31.0 Å². The summed E-state index contributed by atoms with van der Waals surface area (Å²) in [5.41, 5.74) is 0. The minimum Gasteiger partial charge on any atom is -1.00 e. The number of unbranched alkanes of at least 4 members (excludes halogenated alkanes) is 15. The number of hydrogen-bond acceptors (Lipinski definition) is 5. The molecule has 0 aliphatic carbocycles. The standard InChI is InChI=1S/C22H40O4.Na.H2O4S.H/c1-2-3-4-5-6-7-8-9-10-11-12-13-14-15-16-17-20-26-22(25)19-18-21(23)24;;1-5(2,3)4;/h18-19H,2-17,20H2,1H3,(H,23,24);;(H2,1,2,3,4);/q;+1;;-1/b19-18+;;;. The van der Waals surface area contributed by atoms with Crippen molar-refractivity contribution in [2.75, 3.05) is 6.61 Å². The van der Waals surface area contributed by atoms with Crippen LogP contribution in [-0.4, -0.2) is 41.2 Å². The van der Waals surface area contributed by atoms with Crippen molar-refractivity contribution in [1.82, 2.24) is 0 Å². The second kappa shape index (κ2) is 26.8. The van der Waals surface area contributed by atoms with Crippen LogP contribution in [0.15, 0.2) is 12.2 Å². The molecular formula is C22H43NaO8S. The van der Waals surface area contributed by atoms with Crippen LogP contribution in [0.25, 0.3) is 0 Å². The van der Waals surface area contributed by atoms with Crippen LogP contribution in [-0.2, 0) is 24.7 Å². The molecule has 0 saturated carbocycles. The molecule has 0 bridgehead atoms. The molecule has 32 heavy (non-hydrogen) atoms. The Balaban J connectivity index is -0.000000539. The third kappa shape index (κ3) is 43.4. The van der Waals surface area contributed by atoms with E-state index in [4.69, 9.17) is 27.4 Å². The largest absolute Gasteiger partial charge is 1.00 e. The molecule has 0 aliphatic rings. The van der Waals surface area contributed by atoms with Gasteiger partial charge in [-0.05, 0) is 6.42 Å². The molecule has 0 spiro atoms. The van der Waals surface area contributed by atoms with E-state index in [9.17, 15) is 9.59 Å². The van der Waals surface area contributed by atoms with E-state index >= 15 is 0 Å². The molecule has 0 radical (unpaired) electrons. The molecule has 0 aromatic rings. The van der Waals surface area contributed by atoms with Crippen molar-refractivity contribution in [1.29, 1.82) is 0 Å². The summed E-state index contributed by atoms with van der Waals surface area (Å²) in [6.45, 7) is 2.64. The Morgan fingerprint density at radius 2 is 1.03 bits per heavy atom. The zero-order valence-corrected chi connectivity index (χ0v) is 22.8. The van der Waals surface area contributed by atoms with Gasteiger partial charge in [-0.2, -0.15) is 8.42 Å². The molecule has 0 aliphatic heterocycles. The summed E-state index contributed by atoms with van der Waals surface area (Å²) in [5.74, 6) is -1.71. The van der Waals surface area contributed by atoms with Gasteiger partial charge >= 0.3 is 51.9 Å². The minimum atomic E-state index is -4.67. The molecule has 0 rings (SSSR count). The summed E-state index contributed by atoms with van der Waals surface area (Å²) in [6.07, 6.45) is 22.7.